The van der Waals surface area contributed by atoms with Gasteiger partial charge in [-0.3, -0.25) is 14.9 Å². The normalized spacial score (nSPS) is 16.1. The van der Waals surface area contributed by atoms with E-state index in [0.29, 0.717) is 33.7 Å². The topological polar surface area (TPSA) is 81.8 Å². The summed E-state index contributed by atoms with van der Waals surface area (Å²) in [7, 11) is 0. The highest BCUT2D eigenvalue weighted by atomic mass is 35.5. The van der Waals surface area contributed by atoms with Crippen LogP contribution in [0, 0.1) is 17.0 Å². The van der Waals surface area contributed by atoms with Crippen LogP contribution in [-0.4, -0.2) is 17.1 Å². The number of halogens is 1. The largest absolute Gasteiger partial charge is 0.461 e. The van der Waals surface area contributed by atoms with Crippen LogP contribution in [0.1, 0.15) is 22.8 Å². The molecule has 3 rings (SSSR count). The van der Waals surface area contributed by atoms with Gasteiger partial charge in [-0.15, -0.1) is 0 Å². The minimum absolute atomic E-state index is 0.0339. The van der Waals surface area contributed by atoms with Crippen LogP contribution in [0.25, 0.3) is 0 Å². The molecule has 0 N–H and O–H groups in total. The van der Waals surface area contributed by atoms with E-state index in [0.717, 1.165) is 0 Å². The molecule has 2 aromatic carbocycles. The second kappa shape index (κ2) is 5.81. The Kier molecular flexibility index (Phi) is 3.83. The molecular weight excluding hydrogens is 320 g/mol. The molecular formula is C16H11ClN2O4. The van der Waals surface area contributed by atoms with E-state index < -0.39 is 11.0 Å². The second-order valence-electron chi connectivity index (χ2n) is 5.05. The maximum absolute atomic E-state index is 11.3. The molecule has 116 valence electrons. The van der Waals surface area contributed by atoms with Crippen molar-refractivity contribution in [3.05, 3.63) is 68.2 Å². The Morgan fingerprint density at radius 3 is 2.78 bits per heavy atom. The fourth-order valence-electron chi connectivity index (χ4n) is 2.35. The van der Waals surface area contributed by atoms with Crippen molar-refractivity contribution < 1.29 is 14.5 Å². The van der Waals surface area contributed by atoms with Gasteiger partial charge in [-0.1, -0.05) is 23.7 Å². The second-order valence-corrected chi connectivity index (χ2v) is 5.49. The average molecular weight is 331 g/mol. The first kappa shape index (κ1) is 15.2. The number of ether oxygens (including phenoxy) is 1. The van der Waals surface area contributed by atoms with Crippen molar-refractivity contribution in [2.24, 2.45) is 4.99 Å². The Hall–Kier alpha value is -2.73. The summed E-state index contributed by atoms with van der Waals surface area (Å²) in [5.74, 6) is 0.153. The first-order chi connectivity index (χ1) is 11.0. The van der Waals surface area contributed by atoms with Crippen molar-refractivity contribution in [2.75, 3.05) is 0 Å². The van der Waals surface area contributed by atoms with E-state index in [-0.39, 0.29) is 11.6 Å². The minimum Gasteiger partial charge on any atom is -0.461 e. The lowest BCUT2D eigenvalue weighted by Crippen LogP contribution is -2.18. The summed E-state index contributed by atoms with van der Waals surface area (Å²) in [5, 5.41) is 11.6. The van der Waals surface area contributed by atoms with Gasteiger partial charge in [-0.2, -0.15) is 0 Å². The third-order valence-electron chi connectivity index (χ3n) is 3.54. The molecule has 2 aromatic rings. The van der Waals surface area contributed by atoms with Crippen LogP contribution in [0.2, 0.25) is 5.02 Å². The molecule has 23 heavy (non-hydrogen) atoms. The monoisotopic (exact) mass is 330 g/mol. The van der Waals surface area contributed by atoms with Gasteiger partial charge < -0.3 is 4.74 Å². The first-order valence-corrected chi connectivity index (χ1v) is 7.13. The van der Waals surface area contributed by atoms with Crippen LogP contribution < -0.4 is 0 Å². The first-order valence-electron chi connectivity index (χ1n) is 6.75. The summed E-state index contributed by atoms with van der Waals surface area (Å²) in [5.41, 5.74) is 2.05. The third-order valence-corrected chi connectivity index (χ3v) is 3.77. The van der Waals surface area contributed by atoms with E-state index in [4.69, 9.17) is 16.3 Å². The number of aldehydes is 1. The van der Waals surface area contributed by atoms with Crippen LogP contribution >= 0.6 is 11.6 Å². The van der Waals surface area contributed by atoms with E-state index in [9.17, 15) is 14.9 Å². The maximum Gasteiger partial charge on any atom is 0.273 e. The van der Waals surface area contributed by atoms with E-state index in [1.165, 1.54) is 6.07 Å². The smallest absolute Gasteiger partial charge is 0.273 e. The Bertz CT molecular complexity index is 848. The summed E-state index contributed by atoms with van der Waals surface area (Å²) < 4.78 is 5.58. The number of nitrogens with zero attached hydrogens (tertiary/aromatic N) is 2. The van der Waals surface area contributed by atoms with Crippen LogP contribution in [0.3, 0.4) is 0 Å². The Labute approximate surface area is 136 Å². The average Bonchev–Trinajstić information content (AvgIpc) is 2.53. The number of hydrogen-bond donors (Lipinski definition) is 0. The molecule has 7 heteroatoms. The molecule has 1 atom stereocenters. The summed E-state index contributed by atoms with van der Waals surface area (Å²) in [4.78, 5) is 26.2. The highest BCUT2D eigenvalue weighted by Gasteiger charge is 2.25. The lowest BCUT2D eigenvalue weighted by atomic mass is 10.1. The molecule has 0 saturated carbocycles. The van der Waals surface area contributed by atoms with Crippen LogP contribution in [-0.2, 0) is 9.53 Å². The summed E-state index contributed by atoms with van der Waals surface area (Å²) in [6.45, 7) is 1.65. The van der Waals surface area contributed by atoms with E-state index in [1.807, 2.05) is 0 Å². The molecule has 1 aliphatic rings. The predicted molar refractivity (Wildman–Crippen MR) is 85.4 cm³/mol. The molecule has 6 nitrogen and oxygen atoms in total. The molecule has 0 aliphatic carbocycles. The third kappa shape index (κ3) is 2.80. The van der Waals surface area contributed by atoms with Crippen molar-refractivity contribution in [3.8, 4) is 0 Å². The van der Waals surface area contributed by atoms with Crippen molar-refractivity contribution in [1.29, 1.82) is 0 Å². The Balaban J connectivity index is 2.12. The van der Waals surface area contributed by atoms with E-state index in [2.05, 4.69) is 4.99 Å². The molecule has 0 radical (unpaired) electrons. The molecule has 1 aliphatic heterocycles. The van der Waals surface area contributed by atoms with Crippen molar-refractivity contribution >= 4 is 35.2 Å². The molecule has 1 heterocycles. The van der Waals surface area contributed by atoms with Gasteiger partial charge in [-0.05, 0) is 25.1 Å². The maximum atomic E-state index is 11.3. The number of benzene rings is 2. The van der Waals surface area contributed by atoms with Gasteiger partial charge in [0.2, 0.25) is 5.90 Å². The zero-order valence-electron chi connectivity index (χ0n) is 12.0. The van der Waals surface area contributed by atoms with E-state index in [1.54, 1.807) is 37.3 Å². The van der Waals surface area contributed by atoms with E-state index >= 15 is 0 Å². The molecule has 0 amide bonds. The zero-order valence-corrected chi connectivity index (χ0v) is 12.8. The fraction of sp³-hybridized carbons (Fsp3) is 0.125. The van der Waals surface area contributed by atoms with Gasteiger partial charge in [-0.25, -0.2) is 4.99 Å². The number of aliphatic imine (C=N–C) groups is 1. The van der Waals surface area contributed by atoms with Crippen LogP contribution in [0.15, 0.2) is 41.4 Å². The van der Waals surface area contributed by atoms with Gasteiger partial charge in [0.25, 0.3) is 5.69 Å². The summed E-state index contributed by atoms with van der Waals surface area (Å²) >= 11 is 5.96. The van der Waals surface area contributed by atoms with Gasteiger partial charge >= 0.3 is 0 Å². The van der Waals surface area contributed by atoms with Gasteiger partial charge in [0.15, 0.2) is 12.4 Å². The van der Waals surface area contributed by atoms with Crippen molar-refractivity contribution in [2.45, 2.75) is 13.0 Å². The van der Waals surface area contributed by atoms with Gasteiger partial charge in [0, 0.05) is 27.8 Å². The number of nitro benzene ring substituents is 1. The SMILES string of the molecule is Cc1ccc(C2=Nc3cc(Cl)ccc3C(C=O)O2)cc1[N+](=O)[O-]. The standard InChI is InChI=1S/C16H11ClN2O4/c1-9-2-3-10(6-14(9)19(21)22)16-18-13-7-11(17)4-5-12(13)15(8-20)23-16/h2-8,15H,1H3. The lowest BCUT2D eigenvalue weighted by Gasteiger charge is -2.22. The number of carbonyl (C=O) groups excluding carboxylic acids is 1. The number of fused-ring (bicyclic) bond motifs is 1. The molecule has 0 aromatic heterocycles. The number of aryl methyl sites for hydroxylation is 1. The van der Waals surface area contributed by atoms with Gasteiger partial charge in [0.05, 0.1) is 10.6 Å². The molecule has 0 saturated heterocycles. The summed E-state index contributed by atoms with van der Waals surface area (Å²) in [6, 6.07) is 9.61. The minimum atomic E-state index is -0.824. The van der Waals surface area contributed by atoms with Crippen molar-refractivity contribution in [3.63, 3.8) is 0 Å². The molecule has 1 unspecified atom stereocenters. The number of carbonyl (C=O) groups is 1. The highest BCUT2D eigenvalue weighted by Crippen LogP contribution is 2.35. The fourth-order valence-corrected chi connectivity index (χ4v) is 2.51. The lowest BCUT2D eigenvalue weighted by molar-refractivity contribution is -0.385. The summed E-state index contributed by atoms with van der Waals surface area (Å²) in [6.07, 6.45) is -0.167. The predicted octanol–water partition coefficient (Wildman–Crippen LogP) is 3.91. The van der Waals surface area contributed by atoms with Crippen LogP contribution in [0.5, 0.6) is 0 Å². The quantitative estimate of drug-likeness (QED) is 0.485. The Morgan fingerprint density at radius 1 is 1.30 bits per heavy atom. The highest BCUT2D eigenvalue weighted by molar-refractivity contribution is 6.30. The molecule has 0 bridgehead atoms. The molecule has 0 fully saturated rings. The Morgan fingerprint density at radius 2 is 2.09 bits per heavy atom. The van der Waals surface area contributed by atoms with Gasteiger partial charge in [0.1, 0.15) is 0 Å². The number of rotatable bonds is 3. The van der Waals surface area contributed by atoms with Crippen LogP contribution in [0.4, 0.5) is 11.4 Å². The number of nitro groups is 1. The van der Waals surface area contributed by atoms with Crippen molar-refractivity contribution in [1.82, 2.24) is 0 Å². The zero-order chi connectivity index (χ0) is 16.6. The number of hydrogen-bond acceptors (Lipinski definition) is 5. The molecule has 0 spiro atoms.